The number of nitrogens with one attached hydrogen (secondary N) is 2. The summed E-state index contributed by atoms with van der Waals surface area (Å²) in [6.07, 6.45) is 0.610. The van der Waals surface area contributed by atoms with Crippen LogP contribution in [0.2, 0.25) is 0 Å². The van der Waals surface area contributed by atoms with Crippen molar-refractivity contribution in [1.82, 2.24) is 5.32 Å². The van der Waals surface area contributed by atoms with E-state index in [2.05, 4.69) is 27.0 Å². The van der Waals surface area contributed by atoms with Crippen molar-refractivity contribution in [2.24, 2.45) is 0 Å². The number of anilines is 2. The molecule has 2 amide bonds. The summed E-state index contributed by atoms with van der Waals surface area (Å²) >= 11 is 1.65. The molecule has 6 heteroatoms. The van der Waals surface area contributed by atoms with E-state index < -0.39 is 0 Å². The van der Waals surface area contributed by atoms with Crippen molar-refractivity contribution in [2.45, 2.75) is 18.5 Å². The lowest BCUT2D eigenvalue weighted by atomic mass is 10.1. The van der Waals surface area contributed by atoms with Crippen molar-refractivity contribution in [1.29, 1.82) is 0 Å². The zero-order chi connectivity index (χ0) is 19.1. The van der Waals surface area contributed by atoms with Crippen LogP contribution in [0.15, 0.2) is 65.4 Å². The van der Waals surface area contributed by atoms with Crippen molar-refractivity contribution in [3.05, 3.63) is 70.9 Å². The lowest BCUT2D eigenvalue weighted by molar-refractivity contribution is -0.117. The first-order valence-corrected chi connectivity index (χ1v) is 10.2. The summed E-state index contributed by atoms with van der Waals surface area (Å²) in [6.45, 7) is 0.633. The molecule has 5 nitrogen and oxygen atoms in total. The van der Waals surface area contributed by atoms with Gasteiger partial charge in [-0.05, 0) is 58.6 Å². The van der Waals surface area contributed by atoms with Crippen LogP contribution in [-0.4, -0.2) is 30.4 Å². The Labute approximate surface area is 167 Å². The van der Waals surface area contributed by atoms with Crippen LogP contribution in [0.3, 0.4) is 0 Å². The number of hydrogen-bond donors (Lipinski definition) is 2. The van der Waals surface area contributed by atoms with Gasteiger partial charge in [0.2, 0.25) is 5.91 Å². The zero-order valence-corrected chi connectivity index (χ0v) is 15.9. The first-order valence-electron chi connectivity index (χ1n) is 9.29. The van der Waals surface area contributed by atoms with Crippen molar-refractivity contribution in [3.8, 4) is 11.1 Å². The number of rotatable bonds is 3. The van der Waals surface area contributed by atoms with Gasteiger partial charge in [0.25, 0.3) is 5.91 Å². The fourth-order valence-corrected chi connectivity index (χ4v) is 4.68. The number of nitrogens with zero attached hydrogens (tertiary/aromatic N) is 1. The van der Waals surface area contributed by atoms with Gasteiger partial charge in [0.05, 0.1) is 11.4 Å². The first kappa shape index (κ1) is 17.0. The minimum atomic E-state index is -0.235. The standard InChI is InChI=1S/C22H19N3O2S/c26-21(15-7-5-14(6-8-15)16-9-10-28-13-16)23-17-11-20-22(27)24-18-3-1-2-4-19(18)25(20)12-17/h1-10,13,17,20H,11-12H2,(H,23,26)(H,24,27). The second kappa shape index (κ2) is 6.80. The lowest BCUT2D eigenvalue weighted by Crippen LogP contribution is -2.44. The smallest absolute Gasteiger partial charge is 0.251 e. The monoisotopic (exact) mass is 389 g/mol. The number of hydrogen-bond acceptors (Lipinski definition) is 4. The predicted molar refractivity (Wildman–Crippen MR) is 112 cm³/mol. The largest absolute Gasteiger partial charge is 0.356 e. The molecule has 2 aliphatic heterocycles. The Morgan fingerprint density at radius 2 is 1.89 bits per heavy atom. The maximum absolute atomic E-state index is 12.7. The molecule has 3 heterocycles. The summed E-state index contributed by atoms with van der Waals surface area (Å²) in [4.78, 5) is 27.2. The zero-order valence-electron chi connectivity index (χ0n) is 15.1. The Kier molecular flexibility index (Phi) is 4.13. The van der Waals surface area contributed by atoms with Crippen molar-refractivity contribution < 1.29 is 9.59 Å². The fraction of sp³-hybridized carbons (Fsp3) is 0.182. The number of amides is 2. The molecule has 1 saturated heterocycles. The molecule has 1 fully saturated rings. The molecule has 140 valence electrons. The van der Waals surface area contributed by atoms with E-state index in [0.717, 1.165) is 22.5 Å². The Balaban J connectivity index is 1.30. The van der Waals surface area contributed by atoms with Gasteiger partial charge < -0.3 is 15.5 Å². The predicted octanol–water partition coefficient (Wildman–Crippen LogP) is 3.74. The molecule has 2 N–H and O–H groups in total. The van der Waals surface area contributed by atoms with Crippen LogP contribution in [0, 0.1) is 0 Å². The van der Waals surface area contributed by atoms with Crippen molar-refractivity contribution in [2.75, 3.05) is 16.8 Å². The van der Waals surface area contributed by atoms with Crippen molar-refractivity contribution >= 4 is 34.5 Å². The van der Waals surface area contributed by atoms with Gasteiger partial charge in [-0.3, -0.25) is 9.59 Å². The molecule has 3 aromatic rings. The number of benzene rings is 2. The van der Waals surface area contributed by atoms with Gasteiger partial charge in [-0.1, -0.05) is 24.3 Å². The molecular formula is C22H19N3O2S. The number of carbonyl (C=O) groups excluding carboxylic acids is 2. The molecule has 2 aliphatic rings. The fourth-order valence-electron chi connectivity index (χ4n) is 4.01. The third-order valence-corrected chi connectivity index (χ3v) is 6.10. The molecule has 0 spiro atoms. The minimum Gasteiger partial charge on any atom is -0.356 e. The van der Waals surface area contributed by atoms with Gasteiger partial charge >= 0.3 is 0 Å². The summed E-state index contributed by atoms with van der Waals surface area (Å²) < 4.78 is 0. The molecule has 2 unspecified atom stereocenters. The highest BCUT2D eigenvalue weighted by atomic mass is 32.1. The summed E-state index contributed by atoms with van der Waals surface area (Å²) in [5, 5.41) is 10.2. The molecule has 1 aromatic heterocycles. The Morgan fingerprint density at radius 1 is 1.07 bits per heavy atom. The summed E-state index contributed by atoms with van der Waals surface area (Å²) in [6, 6.07) is 17.2. The third kappa shape index (κ3) is 2.96. The van der Waals surface area contributed by atoms with E-state index in [4.69, 9.17) is 0 Å². The Morgan fingerprint density at radius 3 is 2.68 bits per heavy atom. The van der Waals surface area contributed by atoms with Gasteiger partial charge in [0.1, 0.15) is 6.04 Å². The van der Waals surface area contributed by atoms with Gasteiger partial charge in [-0.15, -0.1) is 0 Å². The van der Waals surface area contributed by atoms with Crippen LogP contribution < -0.4 is 15.5 Å². The van der Waals surface area contributed by atoms with E-state index in [1.807, 2.05) is 53.9 Å². The average molecular weight is 389 g/mol. The Bertz CT molecular complexity index is 1030. The highest BCUT2D eigenvalue weighted by Crippen LogP contribution is 2.36. The SMILES string of the molecule is O=C(NC1CC2C(=O)Nc3ccccc3N2C1)c1ccc(-c2ccsc2)cc1. The second-order valence-electron chi connectivity index (χ2n) is 7.17. The van der Waals surface area contributed by atoms with Crippen LogP contribution in [0.4, 0.5) is 11.4 Å². The van der Waals surface area contributed by atoms with E-state index >= 15 is 0 Å². The van der Waals surface area contributed by atoms with Crippen molar-refractivity contribution in [3.63, 3.8) is 0 Å². The van der Waals surface area contributed by atoms with E-state index in [1.54, 1.807) is 11.3 Å². The summed E-state index contributed by atoms with van der Waals surface area (Å²) in [7, 11) is 0. The first-order chi connectivity index (χ1) is 13.7. The van der Waals surface area contributed by atoms with E-state index in [0.29, 0.717) is 18.5 Å². The topological polar surface area (TPSA) is 61.4 Å². The van der Waals surface area contributed by atoms with Crippen LogP contribution in [0.25, 0.3) is 11.1 Å². The minimum absolute atomic E-state index is 0.00411. The molecule has 2 aromatic carbocycles. The normalized spacial score (nSPS) is 20.3. The maximum Gasteiger partial charge on any atom is 0.251 e. The highest BCUT2D eigenvalue weighted by Gasteiger charge is 2.41. The van der Waals surface area contributed by atoms with E-state index in [-0.39, 0.29) is 23.9 Å². The second-order valence-corrected chi connectivity index (χ2v) is 7.95. The number of fused-ring (bicyclic) bond motifs is 3. The average Bonchev–Trinajstić information content (AvgIpc) is 3.39. The Hall–Kier alpha value is -3.12. The van der Waals surface area contributed by atoms with Gasteiger partial charge in [-0.2, -0.15) is 11.3 Å². The van der Waals surface area contributed by atoms with Gasteiger partial charge in [0, 0.05) is 18.2 Å². The van der Waals surface area contributed by atoms with Gasteiger partial charge in [0.15, 0.2) is 0 Å². The van der Waals surface area contributed by atoms with E-state index in [9.17, 15) is 9.59 Å². The number of thiophene rings is 1. The molecule has 2 atom stereocenters. The molecule has 0 saturated carbocycles. The summed E-state index contributed by atoms with van der Waals surface area (Å²) in [5.74, 6) is -0.106. The van der Waals surface area contributed by atoms with Crippen LogP contribution in [-0.2, 0) is 4.79 Å². The van der Waals surface area contributed by atoms with Crippen LogP contribution >= 0.6 is 11.3 Å². The molecular weight excluding hydrogens is 370 g/mol. The quantitative estimate of drug-likeness (QED) is 0.717. The third-order valence-electron chi connectivity index (χ3n) is 5.41. The lowest BCUT2D eigenvalue weighted by Gasteiger charge is -2.32. The highest BCUT2D eigenvalue weighted by molar-refractivity contribution is 7.08. The van der Waals surface area contributed by atoms with Gasteiger partial charge in [-0.25, -0.2) is 0 Å². The molecule has 0 bridgehead atoms. The van der Waals surface area contributed by atoms with Crippen LogP contribution in [0.5, 0.6) is 0 Å². The summed E-state index contributed by atoms with van der Waals surface area (Å²) in [5.41, 5.74) is 4.75. The number of carbonyl (C=O) groups is 2. The molecule has 0 radical (unpaired) electrons. The molecule has 28 heavy (non-hydrogen) atoms. The van der Waals surface area contributed by atoms with Crippen LogP contribution in [0.1, 0.15) is 16.8 Å². The molecule has 0 aliphatic carbocycles. The molecule has 5 rings (SSSR count). The number of para-hydroxylation sites is 2. The maximum atomic E-state index is 12.7. The van der Waals surface area contributed by atoms with E-state index in [1.165, 1.54) is 0 Å².